The lowest BCUT2D eigenvalue weighted by Gasteiger charge is -2.37. The topological polar surface area (TPSA) is 33.3 Å². The minimum Gasteiger partial charge on any atom is -0.374 e. The summed E-state index contributed by atoms with van der Waals surface area (Å²) in [6.07, 6.45) is 3.53. The van der Waals surface area contributed by atoms with Crippen LogP contribution < -0.4 is 10.6 Å². The van der Waals surface area contributed by atoms with Crippen molar-refractivity contribution in [2.24, 2.45) is 0 Å². The molecule has 0 aromatic carbocycles. The van der Waals surface area contributed by atoms with Gasteiger partial charge >= 0.3 is 0 Å². The van der Waals surface area contributed by atoms with Gasteiger partial charge in [-0.1, -0.05) is 0 Å². The third-order valence-electron chi connectivity index (χ3n) is 3.11. The van der Waals surface area contributed by atoms with Crippen LogP contribution in [0, 0.1) is 0 Å². The average Bonchev–Trinajstić information content (AvgIpc) is 2.53. The van der Waals surface area contributed by atoms with E-state index in [0.29, 0.717) is 6.04 Å². The van der Waals surface area contributed by atoms with Crippen LogP contribution in [0.15, 0.2) is 0 Å². The zero-order chi connectivity index (χ0) is 8.44. The van der Waals surface area contributed by atoms with E-state index < -0.39 is 0 Å². The first-order chi connectivity index (χ1) is 5.85. The van der Waals surface area contributed by atoms with Crippen molar-refractivity contribution in [1.82, 2.24) is 10.6 Å². The van der Waals surface area contributed by atoms with Crippen LogP contribution in [0.4, 0.5) is 0 Å². The Kier molecular flexibility index (Phi) is 2.35. The second kappa shape index (κ2) is 3.32. The van der Waals surface area contributed by atoms with E-state index in [4.69, 9.17) is 4.74 Å². The summed E-state index contributed by atoms with van der Waals surface area (Å²) in [7, 11) is 2.05. The van der Waals surface area contributed by atoms with Crippen molar-refractivity contribution < 1.29 is 4.74 Å². The van der Waals surface area contributed by atoms with Crippen LogP contribution in [0.2, 0.25) is 0 Å². The predicted octanol–water partition coefficient (Wildman–Crippen LogP) is 0.117. The number of hydrogen-bond donors (Lipinski definition) is 2. The maximum atomic E-state index is 5.86. The van der Waals surface area contributed by atoms with Crippen LogP contribution in [0.1, 0.15) is 19.3 Å². The molecule has 0 aromatic heterocycles. The first kappa shape index (κ1) is 8.48. The molecule has 2 aliphatic rings. The lowest BCUT2D eigenvalue weighted by molar-refractivity contribution is -0.0736. The molecule has 2 saturated heterocycles. The zero-order valence-electron chi connectivity index (χ0n) is 7.73. The van der Waals surface area contributed by atoms with Gasteiger partial charge in [0.1, 0.15) is 0 Å². The number of hydrogen-bond acceptors (Lipinski definition) is 3. The number of nitrogens with one attached hydrogen (secondary N) is 2. The normalized spacial score (nSPS) is 42.2. The fourth-order valence-electron chi connectivity index (χ4n) is 2.29. The van der Waals surface area contributed by atoms with Gasteiger partial charge in [-0.05, 0) is 32.9 Å². The molecule has 2 rings (SSSR count). The highest BCUT2D eigenvalue weighted by Gasteiger charge is 2.39. The van der Waals surface area contributed by atoms with Gasteiger partial charge in [-0.15, -0.1) is 0 Å². The highest BCUT2D eigenvalue weighted by atomic mass is 16.5. The van der Waals surface area contributed by atoms with Crippen LogP contribution in [0.25, 0.3) is 0 Å². The molecule has 3 nitrogen and oxygen atoms in total. The van der Waals surface area contributed by atoms with Gasteiger partial charge in [-0.2, -0.15) is 0 Å². The molecule has 0 saturated carbocycles. The first-order valence-electron chi connectivity index (χ1n) is 4.87. The van der Waals surface area contributed by atoms with Gasteiger partial charge in [0, 0.05) is 19.2 Å². The Labute approximate surface area is 73.9 Å². The van der Waals surface area contributed by atoms with Gasteiger partial charge in [0.15, 0.2) is 0 Å². The standard InChI is InChI=1S/C9H18N2O/c1-10-8-2-5-12-9(6-8)3-4-11-7-9/h8,10-11H,2-7H2,1H3. The van der Waals surface area contributed by atoms with E-state index >= 15 is 0 Å². The van der Waals surface area contributed by atoms with Gasteiger partial charge in [-0.25, -0.2) is 0 Å². The molecule has 70 valence electrons. The summed E-state index contributed by atoms with van der Waals surface area (Å²) in [4.78, 5) is 0. The second-order valence-electron chi connectivity index (χ2n) is 3.94. The van der Waals surface area contributed by atoms with E-state index in [0.717, 1.165) is 26.1 Å². The quantitative estimate of drug-likeness (QED) is 0.586. The molecule has 0 radical (unpaired) electrons. The molecule has 2 N–H and O–H groups in total. The van der Waals surface area contributed by atoms with E-state index in [2.05, 4.69) is 10.6 Å². The average molecular weight is 170 g/mol. The molecule has 2 heterocycles. The molecule has 2 unspecified atom stereocenters. The summed E-state index contributed by atoms with van der Waals surface area (Å²) in [5, 5.41) is 6.72. The molecule has 1 spiro atoms. The first-order valence-corrected chi connectivity index (χ1v) is 4.87. The summed E-state index contributed by atoms with van der Waals surface area (Å²) in [5.41, 5.74) is 0.173. The van der Waals surface area contributed by atoms with Crippen molar-refractivity contribution >= 4 is 0 Å². The number of ether oxygens (including phenoxy) is 1. The Hall–Kier alpha value is -0.120. The van der Waals surface area contributed by atoms with E-state index in [-0.39, 0.29) is 5.60 Å². The van der Waals surface area contributed by atoms with Gasteiger partial charge in [0.25, 0.3) is 0 Å². The predicted molar refractivity (Wildman–Crippen MR) is 48.3 cm³/mol. The molecule has 0 amide bonds. The SMILES string of the molecule is CNC1CCOC2(CCNC2)C1. The molecule has 2 atom stereocenters. The summed E-state index contributed by atoms with van der Waals surface area (Å²) >= 11 is 0. The third-order valence-corrected chi connectivity index (χ3v) is 3.11. The van der Waals surface area contributed by atoms with Crippen LogP contribution in [-0.4, -0.2) is 38.4 Å². The maximum Gasteiger partial charge on any atom is 0.0833 e. The zero-order valence-corrected chi connectivity index (χ0v) is 7.73. The van der Waals surface area contributed by atoms with Crippen molar-refractivity contribution in [3.05, 3.63) is 0 Å². The van der Waals surface area contributed by atoms with Crippen LogP contribution in [0.5, 0.6) is 0 Å². The maximum absolute atomic E-state index is 5.86. The Morgan fingerprint density at radius 2 is 2.50 bits per heavy atom. The van der Waals surface area contributed by atoms with Gasteiger partial charge < -0.3 is 15.4 Å². The molecule has 0 bridgehead atoms. The van der Waals surface area contributed by atoms with Crippen molar-refractivity contribution in [1.29, 1.82) is 0 Å². The summed E-state index contributed by atoms with van der Waals surface area (Å²) < 4.78 is 5.86. The van der Waals surface area contributed by atoms with Gasteiger partial charge in [0.2, 0.25) is 0 Å². The Balaban J connectivity index is 1.97. The van der Waals surface area contributed by atoms with Crippen molar-refractivity contribution in [2.45, 2.75) is 30.9 Å². The smallest absolute Gasteiger partial charge is 0.0833 e. The third kappa shape index (κ3) is 1.49. The molecular formula is C9H18N2O. The molecule has 2 aliphatic heterocycles. The Morgan fingerprint density at radius 3 is 3.17 bits per heavy atom. The van der Waals surface area contributed by atoms with Crippen LogP contribution >= 0.6 is 0 Å². The van der Waals surface area contributed by atoms with E-state index in [9.17, 15) is 0 Å². The molecule has 0 aliphatic carbocycles. The minimum atomic E-state index is 0.173. The van der Waals surface area contributed by atoms with Crippen molar-refractivity contribution in [2.75, 3.05) is 26.7 Å². The van der Waals surface area contributed by atoms with Crippen molar-refractivity contribution in [3.8, 4) is 0 Å². The summed E-state index contributed by atoms with van der Waals surface area (Å²) in [6, 6.07) is 0.665. The van der Waals surface area contributed by atoms with Crippen LogP contribution in [-0.2, 0) is 4.74 Å². The van der Waals surface area contributed by atoms with Gasteiger partial charge in [0.05, 0.1) is 5.60 Å². The Morgan fingerprint density at radius 1 is 1.58 bits per heavy atom. The lowest BCUT2D eigenvalue weighted by atomic mass is 9.90. The molecule has 0 aromatic rings. The molecule has 3 heteroatoms. The minimum absolute atomic E-state index is 0.173. The highest BCUT2D eigenvalue weighted by molar-refractivity contribution is 4.95. The van der Waals surface area contributed by atoms with E-state index in [1.807, 2.05) is 7.05 Å². The van der Waals surface area contributed by atoms with Crippen molar-refractivity contribution in [3.63, 3.8) is 0 Å². The van der Waals surface area contributed by atoms with Crippen LogP contribution in [0.3, 0.4) is 0 Å². The summed E-state index contributed by atoms with van der Waals surface area (Å²) in [6.45, 7) is 3.09. The fourth-order valence-corrected chi connectivity index (χ4v) is 2.29. The van der Waals surface area contributed by atoms with E-state index in [1.54, 1.807) is 0 Å². The fraction of sp³-hybridized carbons (Fsp3) is 1.00. The van der Waals surface area contributed by atoms with Gasteiger partial charge in [-0.3, -0.25) is 0 Å². The monoisotopic (exact) mass is 170 g/mol. The molecule has 2 fully saturated rings. The largest absolute Gasteiger partial charge is 0.374 e. The summed E-state index contributed by atoms with van der Waals surface area (Å²) in [5.74, 6) is 0. The molecular weight excluding hydrogens is 152 g/mol. The lowest BCUT2D eigenvalue weighted by Crippen LogP contribution is -2.47. The highest BCUT2D eigenvalue weighted by Crippen LogP contribution is 2.30. The molecule has 12 heavy (non-hydrogen) atoms. The number of rotatable bonds is 1. The van der Waals surface area contributed by atoms with E-state index in [1.165, 1.54) is 12.8 Å². The Bertz CT molecular complexity index is 155. The second-order valence-corrected chi connectivity index (χ2v) is 3.94.